The molecule has 6 heteroatoms. The van der Waals surface area contributed by atoms with Crippen LogP contribution in [0.3, 0.4) is 0 Å². The lowest BCUT2D eigenvalue weighted by molar-refractivity contribution is 0.596. The Bertz CT molecular complexity index is 858. The van der Waals surface area contributed by atoms with Crippen molar-refractivity contribution in [2.24, 2.45) is 0 Å². The van der Waals surface area contributed by atoms with Crippen LogP contribution in [0, 0.1) is 11.7 Å². The predicted molar refractivity (Wildman–Crippen MR) is 88.6 cm³/mol. The number of rotatable bonds is 3. The van der Waals surface area contributed by atoms with Crippen molar-refractivity contribution in [2.45, 2.75) is 33.4 Å². The Kier molecular flexibility index (Phi) is 3.63. The first-order chi connectivity index (χ1) is 10.0. The summed E-state index contributed by atoms with van der Waals surface area (Å²) in [6, 6.07) is 7.98. The van der Waals surface area contributed by atoms with Gasteiger partial charge in [0.2, 0.25) is 0 Å². The van der Waals surface area contributed by atoms with Gasteiger partial charge in [0.15, 0.2) is 10.4 Å². The summed E-state index contributed by atoms with van der Waals surface area (Å²) < 4.78 is 4.80. The number of hydrogen-bond acceptors (Lipinski definition) is 2. The molecule has 2 aromatic heterocycles. The fraction of sp³-hybridized carbons (Fsp3) is 0.333. The smallest absolute Gasteiger partial charge is 0.179 e. The number of halogens is 1. The highest BCUT2D eigenvalue weighted by molar-refractivity contribution is 7.71. The number of hydrogen-bond donors (Lipinski definition) is 1. The van der Waals surface area contributed by atoms with Gasteiger partial charge in [-0.25, -0.2) is 4.68 Å². The number of nitrogens with one attached hydrogen (secondary N) is 1. The van der Waals surface area contributed by atoms with E-state index in [1.165, 1.54) is 0 Å². The van der Waals surface area contributed by atoms with Gasteiger partial charge in [0, 0.05) is 11.6 Å². The zero-order chi connectivity index (χ0) is 15.1. The molecule has 2 heterocycles. The molecule has 0 amide bonds. The standard InChI is InChI=1S/C15H17ClN4S/c1-4-19-14-13(9(2)18-19)17-15(21)20(14)10(3)11-6-5-7-12(16)8-11/h5-8,10H,4H2,1-3H3,(H,17,21). The average Bonchev–Trinajstić information content (AvgIpc) is 2.95. The minimum Gasteiger partial charge on any atom is -0.328 e. The van der Waals surface area contributed by atoms with Gasteiger partial charge >= 0.3 is 0 Å². The van der Waals surface area contributed by atoms with Gasteiger partial charge in [0.05, 0.1) is 11.7 Å². The fourth-order valence-electron chi connectivity index (χ4n) is 2.72. The normalized spacial score (nSPS) is 13.0. The first kappa shape index (κ1) is 14.4. The van der Waals surface area contributed by atoms with Crippen molar-refractivity contribution < 1.29 is 0 Å². The fourth-order valence-corrected chi connectivity index (χ4v) is 3.26. The highest BCUT2D eigenvalue weighted by Crippen LogP contribution is 2.27. The number of benzene rings is 1. The molecule has 0 saturated carbocycles. The molecule has 1 aromatic carbocycles. The summed E-state index contributed by atoms with van der Waals surface area (Å²) in [5.74, 6) is 0. The van der Waals surface area contributed by atoms with E-state index in [4.69, 9.17) is 23.8 Å². The molecule has 1 unspecified atom stereocenters. The first-order valence-corrected chi connectivity index (χ1v) is 7.74. The number of nitrogens with zero attached hydrogens (tertiary/aromatic N) is 3. The Labute approximate surface area is 133 Å². The Morgan fingerprint density at radius 2 is 2.19 bits per heavy atom. The lowest BCUT2D eigenvalue weighted by atomic mass is 10.1. The largest absolute Gasteiger partial charge is 0.328 e. The van der Waals surface area contributed by atoms with Gasteiger partial charge in [0.1, 0.15) is 5.52 Å². The second-order valence-corrected chi connectivity index (χ2v) is 5.95. The van der Waals surface area contributed by atoms with Crippen LogP contribution in [-0.2, 0) is 6.54 Å². The second-order valence-electron chi connectivity index (χ2n) is 5.13. The van der Waals surface area contributed by atoms with Crippen LogP contribution < -0.4 is 0 Å². The number of aryl methyl sites for hydroxylation is 2. The average molecular weight is 321 g/mol. The minimum atomic E-state index is 0.0892. The Balaban J connectivity index is 2.24. The van der Waals surface area contributed by atoms with Crippen LogP contribution in [0.1, 0.15) is 31.1 Å². The van der Waals surface area contributed by atoms with Crippen LogP contribution in [0.4, 0.5) is 0 Å². The lowest BCUT2D eigenvalue weighted by Gasteiger charge is -2.16. The Morgan fingerprint density at radius 3 is 2.86 bits per heavy atom. The summed E-state index contributed by atoms with van der Waals surface area (Å²) in [4.78, 5) is 3.28. The highest BCUT2D eigenvalue weighted by atomic mass is 35.5. The molecular formula is C15H17ClN4S. The Morgan fingerprint density at radius 1 is 1.43 bits per heavy atom. The lowest BCUT2D eigenvalue weighted by Crippen LogP contribution is -2.10. The summed E-state index contributed by atoms with van der Waals surface area (Å²) in [6.07, 6.45) is 0. The number of H-pyrrole nitrogens is 1. The van der Waals surface area contributed by atoms with Crippen LogP contribution in [0.25, 0.3) is 11.2 Å². The van der Waals surface area contributed by atoms with Crippen LogP contribution in [0.2, 0.25) is 5.02 Å². The first-order valence-electron chi connectivity index (χ1n) is 6.96. The van der Waals surface area contributed by atoms with E-state index in [0.29, 0.717) is 4.77 Å². The molecule has 3 aromatic rings. The van der Waals surface area contributed by atoms with Crippen molar-refractivity contribution in [3.8, 4) is 0 Å². The van der Waals surface area contributed by atoms with E-state index < -0.39 is 0 Å². The minimum absolute atomic E-state index is 0.0892. The highest BCUT2D eigenvalue weighted by Gasteiger charge is 2.18. The summed E-state index contributed by atoms with van der Waals surface area (Å²) in [5, 5.41) is 5.29. The van der Waals surface area contributed by atoms with Gasteiger partial charge in [0.25, 0.3) is 0 Å². The van der Waals surface area contributed by atoms with Gasteiger partial charge in [-0.2, -0.15) is 5.10 Å². The topological polar surface area (TPSA) is 38.5 Å². The van der Waals surface area contributed by atoms with Gasteiger partial charge in [-0.05, 0) is 50.7 Å². The molecule has 4 nitrogen and oxygen atoms in total. The van der Waals surface area contributed by atoms with Gasteiger partial charge in [-0.1, -0.05) is 23.7 Å². The van der Waals surface area contributed by atoms with Crippen LogP contribution in [0.15, 0.2) is 24.3 Å². The van der Waals surface area contributed by atoms with Crippen molar-refractivity contribution in [1.29, 1.82) is 0 Å². The third kappa shape index (κ3) is 2.30. The van der Waals surface area contributed by atoms with Crippen LogP contribution >= 0.6 is 23.8 Å². The second kappa shape index (κ2) is 5.31. The van der Waals surface area contributed by atoms with Crippen molar-refractivity contribution in [1.82, 2.24) is 19.3 Å². The van der Waals surface area contributed by atoms with E-state index in [1.807, 2.05) is 29.8 Å². The van der Waals surface area contributed by atoms with E-state index >= 15 is 0 Å². The van der Waals surface area contributed by atoms with Gasteiger partial charge in [-0.3, -0.25) is 4.57 Å². The van der Waals surface area contributed by atoms with Crippen molar-refractivity contribution >= 4 is 35.0 Å². The van der Waals surface area contributed by atoms with E-state index in [-0.39, 0.29) is 6.04 Å². The predicted octanol–water partition coefficient (Wildman–Crippen LogP) is 4.49. The summed E-state index contributed by atoms with van der Waals surface area (Å²) >= 11 is 11.6. The molecule has 0 aliphatic rings. The van der Waals surface area contributed by atoms with E-state index in [2.05, 4.69) is 34.6 Å². The third-order valence-corrected chi connectivity index (χ3v) is 4.33. The van der Waals surface area contributed by atoms with E-state index in [9.17, 15) is 0 Å². The maximum Gasteiger partial charge on any atom is 0.179 e. The maximum atomic E-state index is 6.11. The quantitative estimate of drug-likeness (QED) is 0.722. The molecule has 21 heavy (non-hydrogen) atoms. The Hall–Kier alpha value is -1.59. The third-order valence-electron chi connectivity index (χ3n) is 3.80. The molecular weight excluding hydrogens is 304 g/mol. The number of aromatic amines is 1. The molecule has 0 spiro atoms. The number of aromatic nitrogens is 4. The molecule has 110 valence electrons. The maximum absolute atomic E-state index is 6.11. The van der Waals surface area contributed by atoms with E-state index in [0.717, 1.165) is 34.0 Å². The molecule has 1 atom stereocenters. The zero-order valence-corrected chi connectivity index (χ0v) is 13.8. The molecule has 0 aliphatic carbocycles. The summed E-state index contributed by atoms with van der Waals surface area (Å²) in [6.45, 7) is 7.00. The van der Waals surface area contributed by atoms with Crippen molar-refractivity contribution in [2.75, 3.05) is 0 Å². The van der Waals surface area contributed by atoms with Crippen LogP contribution in [0.5, 0.6) is 0 Å². The summed E-state index contributed by atoms with van der Waals surface area (Å²) in [5.41, 5.74) is 4.14. The van der Waals surface area contributed by atoms with Crippen LogP contribution in [-0.4, -0.2) is 19.3 Å². The molecule has 0 saturated heterocycles. The van der Waals surface area contributed by atoms with Crippen molar-refractivity contribution in [3.63, 3.8) is 0 Å². The van der Waals surface area contributed by atoms with Gasteiger partial charge < -0.3 is 4.98 Å². The molecule has 0 aliphatic heterocycles. The SMILES string of the molecule is CCn1nc(C)c2[nH]c(=S)n(C(C)c3cccc(Cl)c3)c21. The van der Waals surface area contributed by atoms with Crippen molar-refractivity contribution in [3.05, 3.63) is 45.3 Å². The molecule has 0 bridgehead atoms. The molecule has 1 N–H and O–H groups in total. The molecule has 3 rings (SSSR count). The number of imidazole rings is 1. The van der Waals surface area contributed by atoms with Gasteiger partial charge in [-0.15, -0.1) is 0 Å². The van der Waals surface area contributed by atoms with E-state index in [1.54, 1.807) is 0 Å². The summed E-state index contributed by atoms with van der Waals surface area (Å²) in [7, 11) is 0. The monoisotopic (exact) mass is 320 g/mol. The zero-order valence-electron chi connectivity index (χ0n) is 12.2. The molecule has 0 fully saturated rings. The molecule has 0 radical (unpaired) electrons. The number of fused-ring (bicyclic) bond motifs is 1.